The molecule has 1 aromatic rings. The molecule has 1 aliphatic carbocycles. The van der Waals surface area contributed by atoms with E-state index < -0.39 is 0 Å². The number of aromatic nitrogens is 1. The first-order valence-corrected chi connectivity index (χ1v) is 6.44. The van der Waals surface area contributed by atoms with E-state index in [9.17, 15) is 0 Å². The normalized spacial score (nSPS) is 29.5. The third-order valence-corrected chi connectivity index (χ3v) is 3.89. The highest BCUT2D eigenvalue weighted by atomic mass is 14.9. The molecule has 0 saturated heterocycles. The van der Waals surface area contributed by atoms with Crippen molar-refractivity contribution in [3.63, 3.8) is 0 Å². The fourth-order valence-electron chi connectivity index (χ4n) is 2.87. The molecule has 0 aromatic carbocycles. The minimum absolute atomic E-state index is 0.721. The lowest BCUT2D eigenvalue weighted by molar-refractivity contribution is 0.353. The van der Waals surface area contributed by atoms with Gasteiger partial charge in [0, 0.05) is 17.9 Å². The molecule has 1 aromatic heterocycles. The van der Waals surface area contributed by atoms with E-state index in [2.05, 4.69) is 36.3 Å². The summed E-state index contributed by atoms with van der Waals surface area (Å²) in [5, 5.41) is 3.59. The van der Waals surface area contributed by atoms with Crippen LogP contribution in [-0.2, 0) is 6.42 Å². The van der Waals surface area contributed by atoms with Crippen molar-refractivity contribution in [2.45, 2.75) is 39.2 Å². The highest BCUT2D eigenvalue weighted by molar-refractivity contribution is 5.06. The zero-order chi connectivity index (χ0) is 11.4. The molecule has 2 rings (SSSR count). The molecule has 3 atom stereocenters. The Kier molecular flexibility index (Phi) is 3.94. The quantitative estimate of drug-likeness (QED) is 0.840. The van der Waals surface area contributed by atoms with Gasteiger partial charge in [-0.2, -0.15) is 0 Å². The summed E-state index contributed by atoms with van der Waals surface area (Å²) in [4.78, 5) is 4.43. The SMILES string of the molecule is CCNC1CCC(Cc2ccccn2)C1C. The highest BCUT2D eigenvalue weighted by Gasteiger charge is 2.32. The smallest absolute Gasteiger partial charge is 0.0406 e. The molecule has 0 radical (unpaired) electrons. The second-order valence-corrected chi connectivity index (χ2v) is 4.89. The van der Waals surface area contributed by atoms with E-state index in [0.29, 0.717) is 0 Å². The predicted molar refractivity (Wildman–Crippen MR) is 67.3 cm³/mol. The molecule has 1 N–H and O–H groups in total. The van der Waals surface area contributed by atoms with Gasteiger partial charge in [0.15, 0.2) is 0 Å². The van der Waals surface area contributed by atoms with Gasteiger partial charge in [0.2, 0.25) is 0 Å². The Morgan fingerprint density at radius 3 is 2.94 bits per heavy atom. The lowest BCUT2D eigenvalue weighted by atomic mass is 9.91. The minimum Gasteiger partial charge on any atom is -0.314 e. The molecule has 0 aliphatic heterocycles. The number of rotatable bonds is 4. The van der Waals surface area contributed by atoms with Crippen LogP contribution in [0.2, 0.25) is 0 Å². The van der Waals surface area contributed by atoms with Gasteiger partial charge in [0.1, 0.15) is 0 Å². The summed E-state index contributed by atoms with van der Waals surface area (Å²) in [5.41, 5.74) is 1.25. The molecule has 1 saturated carbocycles. The van der Waals surface area contributed by atoms with Crippen LogP contribution < -0.4 is 5.32 Å². The summed E-state index contributed by atoms with van der Waals surface area (Å²) < 4.78 is 0. The molecule has 0 amide bonds. The van der Waals surface area contributed by atoms with Gasteiger partial charge in [-0.3, -0.25) is 4.98 Å². The van der Waals surface area contributed by atoms with Gasteiger partial charge in [-0.1, -0.05) is 19.9 Å². The maximum Gasteiger partial charge on any atom is 0.0406 e. The van der Waals surface area contributed by atoms with Crippen molar-refractivity contribution in [2.24, 2.45) is 11.8 Å². The first kappa shape index (κ1) is 11.6. The number of hydrogen-bond acceptors (Lipinski definition) is 2. The number of nitrogens with zero attached hydrogens (tertiary/aromatic N) is 1. The van der Waals surface area contributed by atoms with Crippen molar-refractivity contribution >= 4 is 0 Å². The van der Waals surface area contributed by atoms with E-state index in [1.165, 1.54) is 18.5 Å². The van der Waals surface area contributed by atoms with Crippen LogP contribution in [0.15, 0.2) is 24.4 Å². The van der Waals surface area contributed by atoms with Crippen molar-refractivity contribution in [3.8, 4) is 0 Å². The Labute approximate surface area is 98.5 Å². The molecular formula is C14H22N2. The van der Waals surface area contributed by atoms with E-state index >= 15 is 0 Å². The Morgan fingerprint density at radius 2 is 2.25 bits per heavy atom. The van der Waals surface area contributed by atoms with Crippen molar-refractivity contribution in [2.75, 3.05) is 6.54 Å². The summed E-state index contributed by atoms with van der Waals surface area (Å²) >= 11 is 0. The largest absolute Gasteiger partial charge is 0.314 e. The van der Waals surface area contributed by atoms with Crippen LogP contribution in [0.25, 0.3) is 0 Å². The number of pyridine rings is 1. The van der Waals surface area contributed by atoms with E-state index in [1.807, 2.05) is 12.3 Å². The zero-order valence-corrected chi connectivity index (χ0v) is 10.3. The van der Waals surface area contributed by atoms with Gasteiger partial charge in [-0.25, -0.2) is 0 Å². The maximum absolute atomic E-state index is 4.43. The average Bonchev–Trinajstić information content (AvgIpc) is 2.64. The van der Waals surface area contributed by atoms with E-state index in [0.717, 1.165) is 30.8 Å². The number of hydrogen-bond donors (Lipinski definition) is 1. The standard InChI is InChI=1S/C14H22N2/c1-3-15-14-8-7-12(11(14)2)10-13-6-4-5-9-16-13/h4-6,9,11-12,14-15H,3,7-8,10H2,1-2H3. The summed E-state index contributed by atoms with van der Waals surface area (Å²) in [6.45, 7) is 5.66. The molecule has 88 valence electrons. The first-order chi connectivity index (χ1) is 7.81. The number of nitrogens with one attached hydrogen (secondary N) is 1. The van der Waals surface area contributed by atoms with E-state index in [4.69, 9.17) is 0 Å². The Hall–Kier alpha value is -0.890. The summed E-state index contributed by atoms with van der Waals surface area (Å²) in [7, 11) is 0. The molecule has 1 heterocycles. The molecule has 1 aliphatic rings. The van der Waals surface area contributed by atoms with E-state index in [1.54, 1.807) is 0 Å². The summed E-state index contributed by atoms with van der Waals surface area (Å²) in [5.74, 6) is 1.58. The van der Waals surface area contributed by atoms with Gasteiger partial charge >= 0.3 is 0 Å². The lowest BCUT2D eigenvalue weighted by Crippen LogP contribution is -2.32. The molecule has 3 unspecified atom stereocenters. The van der Waals surface area contributed by atoms with Crippen molar-refractivity contribution in [3.05, 3.63) is 30.1 Å². The van der Waals surface area contributed by atoms with Crippen LogP contribution in [0.5, 0.6) is 0 Å². The van der Waals surface area contributed by atoms with Crippen molar-refractivity contribution in [1.82, 2.24) is 10.3 Å². The summed E-state index contributed by atoms with van der Waals surface area (Å²) in [6.07, 6.45) is 5.71. The van der Waals surface area contributed by atoms with Gasteiger partial charge in [-0.15, -0.1) is 0 Å². The van der Waals surface area contributed by atoms with Crippen LogP contribution in [0.3, 0.4) is 0 Å². The average molecular weight is 218 g/mol. The van der Waals surface area contributed by atoms with Gasteiger partial charge in [0.05, 0.1) is 0 Å². The van der Waals surface area contributed by atoms with Crippen molar-refractivity contribution < 1.29 is 0 Å². The van der Waals surface area contributed by atoms with Gasteiger partial charge in [-0.05, 0) is 49.8 Å². The maximum atomic E-state index is 4.43. The molecule has 0 spiro atoms. The molecular weight excluding hydrogens is 196 g/mol. The third-order valence-electron chi connectivity index (χ3n) is 3.89. The lowest BCUT2D eigenvalue weighted by Gasteiger charge is -2.21. The molecule has 2 nitrogen and oxygen atoms in total. The minimum atomic E-state index is 0.721. The molecule has 16 heavy (non-hydrogen) atoms. The van der Waals surface area contributed by atoms with Crippen molar-refractivity contribution in [1.29, 1.82) is 0 Å². The summed E-state index contributed by atoms with van der Waals surface area (Å²) in [6, 6.07) is 6.94. The molecule has 0 bridgehead atoms. The first-order valence-electron chi connectivity index (χ1n) is 6.44. The second-order valence-electron chi connectivity index (χ2n) is 4.89. The van der Waals surface area contributed by atoms with Crippen LogP contribution >= 0.6 is 0 Å². The Balaban J connectivity index is 1.92. The fourth-order valence-corrected chi connectivity index (χ4v) is 2.87. The third kappa shape index (κ3) is 2.62. The Bertz CT molecular complexity index is 310. The highest BCUT2D eigenvalue weighted by Crippen LogP contribution is 2.33. The predicted octanol–water partition coefficient (Wildman–Crippen LogP) is 2.65. The topological polar surface area (TPSA) is 24.9 Å². The Morgan fingerprint density at radius 1 is 1.38 bits per heavy atom. The van der Waals surface area contributed by atoms with Crippen LogP contribution in [-0.4, -0.2) is 17.6 Å². The molecule has 1 fully saturated rings. The fraction of sp³-hybridized carbons (Fsp3) is 0.643. The van der Waals surface area contributed by atoms with Gasteiger partial charge < -0.3 is 5.32 Å². The zero-order valence-electron chi connectivity index (χ0n) is 10.3. The van der Waals surface area contributed by atoms with E-state index in [-0.39, 0.29) is 0 Å². The van der Waals surface area contributed by atoms with Crippen LogP contribution in [0, 0.1) is 11.8 Å². The second kappa shape index (κ2) is 5.44. The van der Waals surface area contributed by atoms with Crippen LogP contribution in [0.1, 0.15) is 32.4 Å². The monoisotopic (exact) mass is 218 g/mol. The molecule has 2 heteroatoms. The van der Waals surface area contributed by atoms with Gasteiger partial charge in [0.25, 0.3) is 0 Å². The van der Waals surface area contributed by atoms with Crippen LogP contribution in [0.4, 0.5) is 0 Å².